The van der Waals surface area contributed by atoms with Crippen LogP contribution in [0.25, 0.3) is 0 Å². The van der Waals surface area contributed by atoms with Crippen LogP contribution in [0.4, 0.5) is 4.39 Å². The molecule has 84 valence electrons. The van der Waals surface area contributed by atoms with Gasteiger partial charge in [0.1, 0.15) is 5.82 Å². The molecular weight excluding hydrogens is 197 g/mol. The molecule has 0 radical (unpaired) electrons. The van der Waals surface area contributed by atoms with Gasteiger partial charge in [0, 0.05) is 13.2 Å². The van der Waals surface area contributed by atoms with Crippen molar-refractivity contribution in [1.82, 2.24) is 0 Å². The molecule has 2 atom stereocenters. The zero-order valence-electron chi connectivity index (χ0n) is 8.69. The molecule has 3 N–H and O–H groups in total. The first-order chi connectivity index (χ1) is 7.13. The van der Waals surface area contributed by atoms with Crippen molar-refractivity contribution in [3.63, 3.8) is 0 Å². The van der Waals surface area contributed by atoms with Gasteiger partial charge in [-0.1, -0.05) is 12.1 Å². The van der Waals surface area contributed by atoms with E-state index in [1.807, 2.05) is 0 Å². The normalized spacial score (nSPS) is 14.9. The Kier molecular flexibility index (Phi) is 4.68. The average Bonchev–Trinajstić information content (AvgIpc) is 2.18. The van der Waals surface area contributed by atoms with Crippen LogP contribution in [0.5, 0.6) is 0 Å². The second-order valence-electron chi connectivity index (χ2n) is 3.52. The van der Waals surface area contributed by atoms with Gasteiger partial charge in [0.25, 0.3) is 0 Å². The van der Waals surface area contributed by atoms with Crippen molar-refractivity contribution in [2.45, 2.75) is 18.6 Å². The minimum Gasteiger partial charge on any atom is -0.388 e. The number of hydrogen-bond donors (Lipinski definition) is 2. The third kappa shape index (κ3) is 3.95. The summed E-state index contributed by atoms with van der Waals surface area (Å²) in [6.45, 7) is 0.381. The van der Waals surface area contributed by atoms with Crippen LogP contribution in [0.2, 0.25) is 0 Å². The Bertz CT molecular complexity index is 306. The predicted octanol–water partition coefficient (Wildman–Crippen LogP) is 1.22. The molecule has 0 amide bonds. The fraction of sp³-hybridized carbons (Fsp3) is 0.455. The molecule has 3 nitrogen and oxygen atoms in total. The Morgan fingerprint density at radius 2 is 2.27 bits per heavy atom. The summed E-state index contributed by atoms with van der Waals surface area (Å²) in [4.78, 5) is 0. The van der Waals surface area contributed by atoms with Crippen LogP contribution in [0, 0.1) is 5.82 Å². The first-order valence-electron chi connectivity index (χ1n) is 4.81. The molecule has 0 aliphatic carbocycles. The monoisotopic (exact) mass is 213 g/mol. The van der Waals surface area contributed by atoms with Crippen LogP contribution in [-0.4, -0.2) is 24.9 Å². The van der Waals surface area contributed by atoms with Gasteiger partial charge in [-0.25, -0.2) is 4.39 Å². The molecule has 1 aromatic carbocycles. The third-order valence-corrected chi connectivity index (χ3v) is 2.14. The van der Waals surface area contributed by atoms with Crippen LogP contribution in [0.15, 0.2) is 24.3 Å². The minimum atomic E-state index is -0.745. The van der Waals surface area contributed by atoms with Crippen LogP contribution in [-0.2, 0) is 4.74 Å². The Morgan fingerprint density at radius 3 is 2.87 bits per heavy atom. The highest BCUT2D eigenvalue weighted by atomic mass is 19.1. The largest absolute Gasteiger partial charge is 0.388 e. The molecule has 4 heteroatoms. The number of nitrogens with two attached hydrogens (primary N) is 1. The SMILES string of the molecule is COCC(N)CC(O)c1cccc(F)c1. The van der Waals surface area contributed by atoms with Gasteiger partial charge in [0.15, 0.2) is 0 Å². The van der Waals surface area contributed by atoms with Crippen molar-refractivity contribution >= 4 is 0 Å². The highest BCUT2D eigenvalue weighted by Gasteiger charge is 2.12. The zero-order chi connectivity index (χ0) is 11.3. The molecule has 0 spiro atoms. The average molecular weight is 213 g/mol. The molecule has 0 aliphatic rings. The summed E-state index contributed by atoms with van der Waals surface area (Å²) in [7, 11) is 1.55. The lowest BCUT2D eigenvalue weighted by Crippen LogP contribution is -2.27. The molecule has 0 aliphatic heterocycles. The van der Waals surface area contributed by atoms with Gasteiger partial charge in [-0.3, -0.25) is 0 Å². The van der Waals surface area contributed by atoms with E-state index in [4.69, 9.17) is 10.5 Å². The van der Waals surface area contributed by atoms with Gasteiger partial charge >= 0.3 is 0 Å². The molecule has 2 unspecified atom stereocenters. The standard InChI is InChI=1S/C11H16FNO2/c1-15-7-10(13)6-11(14)8-3-2-4-9(12)5-8/h2-5,10-11,14H,6-7,13H2,1H3. The van der Waals surface area contributed by atoms with Crippen molar-refractivity contribution in [3.8, 4) is 0 Å². The fourth-order valence-electron chi connectivity index (χ4n) is 1.42. The van der Waals surface area contributed by atoms with E-state index in [1.165, 1.54) is 12.1 Å². The first-order valence-corrected chi connectivity index (χ1v) is 4.81. The smallest absolute Gasteiger partial charge is 0.123 e. The summed E-state index contributed by atoms with van der Waals surface area (Å²) in [6, 6.07) is 5.65. The summed E-state index contributed by atoms with van der Waals surface area (Å²) in [5.41, 5.74) is 6.22. The van der Waals surface area contributed by atoms with Crippen LogP contribution in [0.1, 0.15) is 18.1 Å². The Hall–Kier alpha value is -0.970. The number of hydrogen-bond acceptors (Lipinski definition) is 3. The van der Waals surface area contributed by atoms with Crippen molar-refractivity contribution in [2.75, 3.05) is 13.7 Å². The molecule has 0 saturated carbocycles. The van der Waals surface area contributed by atoms with Crippen LogP contribution >= 0.6 is 0 Å². The molecule has 0 fully saturated rings. The van der Waals surface area contributed by atoms with E-state index in [0.717, 1.165) is 0 Å². The van der Waals surface area contributed by atoms with Gasteiger partial charge in [0.2, 0.25) is 0 Å². The van der Waals surface area contributed by atoms with Gasteiger partial charge in [-0.15, -0.1) is 0 Å². The highest BCUT2D eigenvalue weighted by Crippen LogP contribution is 2.18. The van der Waals surface area contributed by atoms with E-state index in [9.17, 15) is 9.50 Å². The van der Waals surface area contributed by atoms with Gasteiger partial charge in [0.05, 0.1) is 12.7 Å². The summed E-state index contributed by atoms with van der Waals surface area (Å²) < 4.78 is 17.7. The highest BCUT2D eigenvalue weighted by molar-refractivity contribution is 5.18. The number of benzene rings is 1. The lowest BCUT2D eigenvalue weighted by molar-refractivity contribution is 0.122. The fourth-order valence-corrected chi connectivity index (χ4v) is 1.42. The third-order valence-electron chi connectivity index (χ3n) is 2.14. The molecule has 0 saturated heterocycles. The Morgan fingerprint density at radius 1 is 1.53 bits per heavy atom. The van der Waals surface area contributed by atoms with Crippen molar-refractivity contribution in [3.05, 3.63) is 35.6 Å². The second-order valence-corrected chi connectivity index (χ2v) is 3.52. The minimum absolute atomic E-state index is 0.242. The van der Waals surface area contributed by atoms with Crippen molar-refractivity contribution in [1.29, 1.82) is 0 Å². The van der Waals surface area contributed by atoms with E-state index >= 15 is 0 Å². The maximum atomic E-state index is 12.8. The molecular formula is C11H16FNO2. The molecule has 0 heterocycles. The number of methoxy groups -OCH3 is 1. The molecule has 15 heavy (non-hydrogen) atoms. The number of ether oxygens (including phenoxy) is 1. The zero-order valence-corrected chi connectivity index (χ0v) is 8.69. The van der Waals surface area contributed by atoms with Gasteiger partial charge < -0.3 is 15.6 Å². The van der Waals surface area contributed by atoms with Gasteiger partial charge in [-0.2, -0.15) is 0 Å². The lowest BCUT2D eigenvalue weighted by Gasteiger charge is -2.16. The van der Waals surface area contributed by atoms with E-state index in [2.05, 4.69) is 0 Å². The van der Waals surface area contributed by atoms with E-state index in [1.54, 1.807) is 19.2 Å². The molecule has 0 bridgehead atoms. The van der Waals surface area contributed by atoms with E-state index in [0.29, 0.717) is 18.6 Å². The summed E-state index contributed by atoms with van der Waals surface area (Å²) in [5, 5.41) is 9.74. The molecule has 0 aromatic heterocycles. The van der Waals surface area contributed by atoms with Crippen molar-refractivity contribution in [2.24, 2.45) is 5.73 Å². The topological polar surface area (TPSA) is 55.5 Å². The number of aliphatic hydroxyl groups excluding tert-OH is 1. The number of halogens is 1. The van der Waals surface area contributed by atoms with Crippen LogP contribution < -0.4 is 5.73 Å². The van der Waals surface area contributed by atoms with Gasteiger partial charge in [-0.05, 0) is 24.1 Å². The van der Waals surface area contributed by atoms with Crippen molar-refractivity contribution < 1.29 is 14.2 Å². The first kappa shape index (κ1) is 12.1. The Balaban J connectivity index is 2.56. The lowest BCUT2D eigenvalue weighted by atomic mass is 10.0. The molecule has 1 rings (SSSR count). The van der Waals surface area contributed by atoms with Crippen LogP contribution in [0.3, 0.4) is 0 Å². The number of aliphatic hydroxyl groups is 1. The Labute approximate surface area is 88.7 Å². The maximum absolute atomic E-state index is 12.8. The number of rotatable bonds is 5. The predicted molar refractivity (Wildman–Crippen MR) is 55.8 cm³/mol. The summed E-state index contributed by atoms with van der Waals surface area (Å²) in [5.74, 6) is -0.355. The second kappa shape index (κ2) is 5.80. The summed E-state index contributed by atoms with van der Waals surface area (Å²) in [6.07, 6.45) is -0.386. The maximum Gasteiger partial charge on any atom is 0.123 e. The summed E-state index contributed by atoms with van der Waals surface area (Å²) >= 11 is 0. The quantitative estimate of drug-likeness (QED) is 0.773. The van der Waals surface area contributed by atoms with E-state index < -0.39 is 6.10 Å². The molecule has 1 aromatic rings. The van der Waals surface area contributed by atoms with E-state index in [-0.39, 0.29) is 11.9 Å².